The van der Waals surface area contributed by atoms with Gasteiger partial charge in [-0.15, -0.1) is 0 Å². The highest BCUT2D eigenvalue weighted by molar-refractivity contribution is 6.62. The van der Waals surface area contributed by atoms with E-state index in [1.165, 1.54) is 0 Å². The lowest BCUT2D eigenvalue weighted by molar-refractivity contribution is -0.128. The van der Waals surface area contributed by atoms with Crippen LogP contribution in [0.4, 0.5) is 0 Å². The molecule has 1 unspecified atom stereocenters. The third-order valence-corrected chi connectivity index (χ3v) is 6.38. The number of carbonyl (C=O) groups excluding carboxylic acids is 2. The molecule has 1 aliphatic rings. The minimum Gasteiger partial charge on any atom is -0.494 e. The van der Waals surface area contributed by atoms with E-state index >= 15 is 0 Å². The van der Waals surface area contributed by atoms with Gasteiger partial charge >= 0.3 is 5.97 Å². The zero-order chi connectivity index (χ0) is 21.1. The molecule has 4 nitrogen and oxygen atoms in total. The summed E-state index contributed by atoms with van der Waals surface area (Å²) in [6.07, 6.45) is 2.24. The number of hydrogen-bond acceptors (Lipinski definition) is 4. The van der Waals surface area contributed by atoms with Gasteiger partial charge in [-0.1, -0.05) is 60.8 Å². The number of esters is 1. The Labute approximate surface area is 181 Å². The first-order valence-electron chi connectivity index (χ1n) is 9.79. The molecule has 154 valence electrons. The van der Waals surface area contributed by atoms with Gasteiger partial charge in [-0.2, -0.15) is 0 Å². The fraction of sp³-hybridized carbons (Fsp3) is 0.391. The first-order valence-corrected chi connectivity index (χ1v) is 10.5. The molecule has 0 N–H and O–H groups in total. The lowest BCUT2D eigenvalue weighted by Crippen LogP contribution is -2.61. The van der Waals surface area contributed by atoms with Gasteiger partial charge in [-0.25, -0.2) is 4.79 Å². The molecule has 0 amide bonds. The Morgan fingerprint density at radius 1 is 1.00 bits per heavy atom. The summed E-state index contributed by atoms with van der Waals surface area (Å²) < 4.78 is 9.18. The fourth-order valence-corrected chi connectivity index (χ4v) is 4.31. The van der Waals surface area contributed by atoms with E-state index in [0.717, 1.165) is 29.7 Å². The summed E-state index contributed by atoms with van der Waals surface area (Å²) in [5, 5.41) is 0. The molecular weight excluding hydrogens is 411 g/mol. The highest BCUT2D eigenvalue weighted by Crippen LogP contribution is 2.59. The molecule has 1 fully saturated rings. The highest BCUT2D eigenvalue weighted by atomic mass is 35.5. The second-order valence-electron chi connectivity index (χ2n) is 7.10. The number of ether oxygens (including phenoxy) is 2. The van der Waals surface area contributed by atoms with Crippen molar-refractivity contribution in [3.05, 3.63) is 65.2 Å². The van der Waals surface area contributed by atoms with E-state index in [-0.39, 0.29) is 12.2 Å². The fourth-order valence-electron chi connectivity index (χ4n) is 3.60. The summed E-state index contributed by atoms with van der Waals surface area (Å²) in [7, 11) is 0. The van der Waals surface area contributed by atoms with E-state index < -0.39 is 15.7 Å². The number of hydrogen-bond donors (Lipinski definition) is 0. The van der Waals surface area contributed by atoms with Gasteiger partial charge in [0.1, 0.15) is 5.75 Å². The molecule has 1 saturated carbocycles. The number of halogens is 2. The Bertz CT molecular complexity index is 875. The molecule has 0 aliphatic heterocycles. The van der Waals surface area contributed by atoms with Gasteiger partial charge in [0, 0.05) is 6.42 Å². The van der Waals surface area contributed by atoms with Gasteiger partial charge in [0.15, 0.2) is 10.1 Å². The van der Waals surface area contributed by atoms with Crippen molar-refractivity contribution in [1.29, 1.82) is 0 Å². The van der Waals surface area contributed by atoms with Crippen molar-refractivity contribution in [3.8, 4) is 5.75 Å². The van der Waals surface area contributed by atoms with Gasteiger partial charge in [0.25, 0.3) is 0 Å². The molecule has 0 aromatic heterocycles. The van der Waals surface area contributed by atoms with Crippen molar-refractivity contribution in [1.82, 2.24) is 0 Å². The maximum absolute atomic E-state index is 12.3. The molecule has 2 aromatic rings. The van der Waals surface area contributed by atoms with Gasteiger partial charge in [-0.3, -0.25) is 4.79 Å². The average Bonchev–Trinajstić information content (AvgIpc) is 2.73. The predicted octanol–water partition coefficient (Wildman–Crippen LogP) is 5.48. The minimum atomic E-state index is -1.58. The van der Waals surface area contributed by atoms with Gasteiger partial charge in [-0.05, 0) is 48.7 Å². The van der Waals surface area contributed by atoms with Crippen LogP contribution in [-0.2, 0) is 14.9 Å². The number of carbonyl (C=O) groups is 2. The molecule has 0 bridgehead atoms. The van der Waals surface area contributed by atoms with Crippen LogP contribution < -0.4 is 4.74 Å². The number of unbranched alkanes of at least 4 members (excludes halogenated alkanes) is 1. The van der Waals surface area contributed by atoms with Gasteiger partial charge in [0.05, 0.1) is 24.2 Å². The quantitative estimate of drug-likeness (QED) is 0.313. The predicted molar refractivity (Wildman–Crippen MR) is 114 cm³/mol. The van der Waals surface area contributed by atoms with E-state index in [1.807, 2.05) is 24.3 Å². The Morgan fingerprint density at radius 2 is 1.59 bits per heavy atom. The topological polar surface area (TPSA) is 52.6 Å². The van der Waals surface area contributed by atoms with Crippen molar-refractivity contribution in [2.24, 2.45) is 0 Å². The summed E-state index contributed by atoms with van der Waals surface area (Å²) in [5.74, 6) is 0.142. The molecular formula is C23H24Cl2O4. The number of benzene rings is 2. The van der Waals surface area contributed by atoms with E-state index in [4.69, 9.17) is 32.7 Å². The van der Waals surface area contributed by atoms with Crippen molar-refractivity contribution < 1.29 is 19.1 Å². The summed E-state index contributed by atoms with van der Waals surface area (Å²) in [6, 6.07) is 14.4. The smallest absolute Gasteiger partial charge is 0.338 e. The van der Waals surface area contributed by atoms with Crippen LogP contribution in [0.15, 0.2) is 48.5 Å². The third kappa shape index (κ3) is 3.88. The van der Waals surface area contributed by atoms with Crippen LogP contribution in [0.1, 0.15) is 54.6 Å². The van der Waals surface area contributed by atoms with Gasteiger partial charge in [0.2, 0.25) is 0 Å². The molecule has 3 rings (SSSR count). The average molecular weight is 435 g/mol. The molecule has 0 radical (unpaired) electrons. The summed E-state index contributed by atoms with van der Waals surface area (Å²) in [6.45, 7) is 4.83. The van der Waals surface area contributed by atoms with Crippen LogP contribution in [0, 0.1) is 0 Å². The van der Waals surface area contributed by atoms with E-state index in [2.05, 4.69) is 6.92 Å². The lowest BCUT2D eigenvalue weighted by atomic mass is 9.59. The SMILES string of the molecule is CCCCOc1ccc(C2(c3ccc(C(=O)OCC)cc3)CC(=O)C2(Cl)Cl)cc1. The Kier molecular flexibility index (Phi) is 6.55. The van der Waals surface area contributed by atoms with Crippen LogP contribution in [0.2, 0.25) is 0 Å². The first kappa shape index (κ1) is 21.7. The Morgan fingerprint density at radius 3 is 2.07 bits per heavy atom. The summed E-state index contributed by atoms with van der Waals surface area (Å²) in [4.78, 5) is 24.2. The summed E-state index contributed by atoms with van der Waals surface area (Å²) >= 11 is 13.1. The molecule has 0 heterocycles. The van der Waals surface area contributed by atoms with Gasteiger partial charge < -0.3 is 9.47 Å². The maximum atomic E-state index is 12.3. The number of rotatable bonds is 8. The third-order valence-electron chi connectivity index (χ3n) is 5.31. The van der Waals surface area contributed by atoms with Crippen molar-refractivity contribution in [2.45, 2.75) is 42.9 Å². The largest absolute Gasteiger partial charge is 0.494 e. The van der Waals surface area contributed by atoms with E-state index in [9.17, 15) is 9.59 Å². The molecule has 29 heavy (non-hydrogen) atoms. The maximum Gasteiger partial charge on any atom is 0.338 e. The van der Waals surface area contributed by atoms with Crippen molar-refractivity contribution in [2.75, 3.05) is 13.2 Å². The first-order chi connectivity index (χ1) is 13.9. The second-order valence-corrected chi connectivity index (χ2v) is 8.43. The molecule has 0 saturated heterocycles. The molecule has 6 heteroatoms. The number of ketones is 1. The molecule has 1 atom stereocenters. The molecule has 0 spiro atoms. The number of alkyl halides is 2. The highest BCUT2D eigenvalue weighted by Gasteiger charge is 2.66. The van der Waals surface area contributed by atoms with Crippen molar-refractivity contribution >= 4 is 35.0 Å². The summed E-state index contributed by atoms with van der Waals surface area (Å²) in [5.41, 5.74) is 1.15. The lowest BCUT2D eigenvalue weighted by Gasteiger charge is -2.51. The van der Waals surface area contributed by atoms with E-state index in [1.54, 1.807) is 31.2 Å². The van der Waals surface area contributed by atoms with Crippen molar-refractivity contribution in [3.63, 3.8) is 0 Å². The van der Waals surface area contributed by atoms with Crippen LogP contribution in [0.5, 0.6) is 5.75 Å². The zero-order valence-electron chi connectivity index (χ0n) is 16.5. The van der Waals surface area contributed by atoms with Crippen LogP contribution >= 0.6 is 23.2 Å². The standard InChI is InChI=1S/C23H24Cl2O4/c1-3-5-14-29-19-12-10-18(11-13-19)22(15-20(26)23(22,24)25)17-8-6-16(7-9-17)21(27)28-4-2/h6-13H,3-5,14-15H2,1-2H3. The molecule has 2 aromatic carbocycles. The Balaban J connectivity index is 1.94. The Hall–Kier alpha value is -2.04. The van der Waals surface area contributed by atoms with Crippen LogP contribution in [0.3, 0.4) is 0 Å². The van der Waals surface area contributed by atoms with Crippen LogP contribution in [-0.4, -0.2) is 29.3 Å². The minimum absolute atomic E-state index is 0.189. The zero-order valence-corrected chi connectivity index (χ0v) is 18.1. The van der Waals surface area contributed by atoms with E-state index in [0.29, 0.717) is 18.8 Å². The number of Topliss-reactive ketones (excluding diaryl/α,β-unsaturated/α-hetero) is 1. The molecule has 1 aliphatic carbocycles. The second kappa shape index (κ2) is 8.76. The normalized spacial score (nSPS) is 20.1. The van der Waals surface area contributed by atoms with Crippen LogP contribution in [0.25, 0.3) is 0 Å². The monoisotopic (exact) mass is 434 g/mol.